The molecule has 10 heteroatoms. The number of fused-ring (bicyclic) bond motifs is 2. The van der Waals surface area contributed by atoms with Gasteiger partial charge in [0.05, 0.1) is 23.7 Å². The molecule has 6 rings (SSSR count). The van der Waals surface area contributed by atoms with Crippen LogP contribution in [0, 0.1) is 12.8 Å². The first-order valence-electron chi connectivity index (χ1n) is 14.8. The van der Waals surface area contributed by atoms with Gasteiger partial charge in [-0.2, -0.15) is 0 Å². The molecule has 0 spiro atoms. The Morgan fingerprint density at radius 3 is 2.72 bits per heavy atom. The molecule has 220 valence electrons. The predicted octanol–water partition coefficient (Wildman–Crippen LogP) is 5.03. The summed E-state index contributed by atoms with van der Waals surface area (Å²) < 4.78 is 5.68. The molecule has 4 heterocycles. The first kappa shape index (κ1) is 28.3. The number of aliphatic imine (C=N–C) groups is 2. The fraction of sp³-hybridized carbons (Fsp3) is 0.333. The molecule has 2 aromatic carbocycles. The number of hydrogen-bond donors (Lipinski definition) is 1. The monoisotopic (exact) mass is 578 g/mol. The van der Waals surface area contributed by atoms with Crippen molar-refractivity contribution in [1.82, 2.24) is 20.1 Å². The third-order valence-electron chi connectivity index (χ3n) is 7.93. The fourth-order valence-corrected chi connectivity index (χ4v) is 5.66. The van der Waals surface area contributed by atoms with Crippen LogP contribution >= 0.6 is 0 Å². The van der Waals surface area contributed by atoms with Gasteiger partial charge in [-0.05, 0) is 81.1 Å². The van der Waals surface area contributed by atoms with E-state index in [1.807, 2.05) is 42.2 Å². The number of guanidine groups is 1. The Kier molecular flexibility index (Phi) is 8.26. The van der Waals surface area contributed by atoms with Gasteiger partial charge in [0, 0.05) is 48.4 Å². The second-order valence-corrected chi connectivity index (χ2v) is 11.1. The summed E-state index contributed by atoms with van der Waals surface area (Å²) in [6.07, 6.45) is 7.54. The van der Waals surface area contributed by atoms with Crippen LogP contribution in [0.5, 0.6) is 0 Å². The summed E-state index contributed by atoms with van der Waals surface area (Å²) in [5, 5.41) is 4.55. The Morgan fingerprint density at radius 2 is 1.86 bits per heavy atom. The fourth-order valence-electron chi connectivity index (χ4n) is 5.66. The van der Waals surface area contributed by atoms with Crippen molar-refractivity contribution < 1.29 is 18.8 Å². The standard InChI is InChI=1S/C33H34N6O4/c1-22-17-26-19-27(10-12-29(26)43-22)36-33(37-31(41)24-9-11-28-23(18-24)8-6-13-34-28)35-20-25-7-2-3-16-39(32(25)42)21-30(40)38-14-4-5-15-38/h6,8-13,17-20,25H,2-5,7,14-16,21H2,1H3,(H,36,37,41)/b35-20+. The lowest BCUT2D eigenvalue weighted by Crippen LogP contribution is -2.44. The zero-order valence-corrected chi connectivity index (χ0v) is 24.2. The smallest absolute Gasteiger partial charge is 0.258 e. The van der Waals surface area contributed by atoms with Crippen molar-refractivity contribution in [2.75, 3.05) is 26.2 Å². The minimum absolute atomic E-state index is 0.00610. The number of rotatable bonds is 5. The molecular weight excluding hydrogens is 544 g/mol. The Bertz CT molecular complexity index is 1740. The molecule has 0 aliphatic carbocycles. The van der Waals surface area contributed by atoms with E-state index >= 15 is 0 Å². The van der Waals surface area contributed by atoms with Crippen LogP contribution in [0.25, 0.3) is 21.9 Å². The summed E-state index contributed by atoms with van der Waals surface area (Å²) in [6, 6.07) is 16.4. The number of pyridine rings is 1. The van der Waals surface area contributed by atoms with Gasteiger partial charge in [-0.15, -0.1) is 0 Å². The molecule has 0 saturated carbocycles. The predicted molar refractivity (Wildman–Crippen MR) is 165 cm³/mol. The van der Waals surface area contributed by atoms with Gasteiger partial charge < -0.3 is 14.2 Å². The Balaban J connectivity index is 1.26. The Labute approximate surface area is 249 Å². The maximum absolute atomic E-state index is 13.5. The Morgan fingerprint density at radius 1 is 1.02 bits per heavy atom. The molecule has 3 amide bonds. The molecular formula is C33H34N6O4. The second kappa shape index (κ2) is 12.6. The molecule has 0 radical (unpaired) electrons. The van der Waals surface area contributed by atoms with Crippen LogP contribution in [0.2, 0.25) is 0 Å². The van der Waals surface area contributed by atoms with Crippen LogP contribution < -0.4 is 5.32 Å². The van der Waals surface area contributed by atoms with Crippen LogP contribution in [-0.4, -0.2) is 70.9 Å². The van der Waals surface area contributed by atoms with Gasteiger partial charge >= 0.3 is 0 Å². The number of aryl methyl sites for hydroxylation is 1. The number of hydrogen-bond acceptors (Lipinski definition) is 6. The molecule has 43 heavy (non-hydrogen) atoms. The quantitative estimate of drug-likeness (QED) is 0.263. The highest BCUT2D eigenvalue weighted by atomic mass is 16.3. The number of nitrogens with zero attached hydrogens (tertiary/aromatic N) is 5. The van der Waals surface area contributed by atoms with Crippen molar-refractivity contribution in [2.24, 2.45) is 15.9 Å². The van der Waals surface area contributed by atoms with Gasteiger partial charge in [-0.1, -0.05) is 12.5 Å². The summed E-state index contributed by atoms with van der Waals surface area (Å²) in [4.78, 5) is 56.7. The highest BCUT2D eigenvalue weighted by molar-refractivity contribution is 6.10. The highest BCUT2D eigenvalue weighted by Gasteiger charge is 2.29. The molecule has 1 atom stereocenters. The number of likely N-dealkylation sites (tertiary alicyclic amines) is 2. The molecule has 4 aromatic rings. The number of aromatic nitrogens is 1. The summed E-state index contributed by atoms with van der Waals surface area (Å²) in [5.41, 5.74) is 2.53. The Hall–Kier alpha value is -4.86. The summed E-state index contributed by atoms with van der Waals surface area (Å²) in [7, 11) is 0. The van der Waals surface area contributed by atoms with E-state index in [2.05, 4.69) is 20.3 Å². The maximum atomic E-state index is 13.5. The lowest BCUT2D eigenvalue weighted by molar-refractivity contribution is -0.140. The van der Waals surface area contributed by atoms with Crippen molar-refractivity contribution in [3.63, 3.8) is 0 Å². The van der Waals surface area contributed by atoms with Crippen molar-refractivity contribution >= 4 is 57.5 Å². The number of carbonyl (C=O) groups is 3. The van der Waals surface area contributed by atoms with Crippen LogP contribution in [0.3, 0.4) is 0 Å². The van der Waals surface area contributed by atoms with E-state index in [1.54, 1.807) is 41.6 Å². The third-order valence-corrected chi connectivity index (χ3v) is 7.93. The summed E-state index contributed by atoms with van der Waals surface area (Å²) in [6.45, 7) is 4.01. The van der Waals surface area contributed by atoms with E-state index in [0.717, 1.165) is 66.4 Å². The molecule has 2 aliphatic heterocycles. The number of amides is 3. The van der Waals surface area contributed by atoms with E-state index in [4.69, 9.17) is 4.42 Å². The van der Waals surface area contributed by atoms with Gasteiger partial charge in [0.2, 0.25) is 17.8 Å². The topological polar surface area (TPSA) is 120 Å². The van der Waals surface area contributed by atoms with E-state index in [0.29, 0.717) is 24.2 Å². The molecule has 2 aromatic heterocycles. The SMILES string of the molecule is Cc1cc2cc(N=C(/N=C/C3CCCCN(CC(=O)N4CCCC4)C3=O)NC(=O)c3ccc4ncccc4c3)ccc2o1. The normalized spacial score (nSPS) is 18.1. The number of benzene rings is 2. The van der Waals surface area contributed by atoms with E-state index in [9.17, 15) is 14.4 Å². The largest absolute Gasteiger partial charge is 0.461 e. The molecule has 2 saturated heterocycles. The van der Waals surface area contributed by atoms with Crippen molar-refractivity contribution in [2.45, 2.75) is 39.0 Å². The number of carbonyl (C=O) groups excluding carboxylic acids is 3. The molecule has 0 bridgehead atoms. The van der Waals surface area contributed by atoms with Crippen LogP contribution in [-0.2, 0) is 9.59 Å². The molecule has 1 N–H and O–H groups in total. The van der Waals surface area contributed by atoms with Gasteiger partial charge in [-0.3, -0.25) is 24.7 Å². The number of nitrogens with one attached hydrogen (secondary N) is 1. The van der Waals surface area contributed by atoms with Crippen LogP contribution in [0.4, 0.5) is 5.69 Å². The summed E-state index contributed by atoms with van der Waals surface area (Å²) >= 11 is 0. The van der Waals surface area contributed by atoms with Gasteiger partial charge in [0.25, 0.3) is 5.91 Å². The van der Waals surface area contributed by atoms with Crippen molar-refractivity contribution in [1.29, 1.82) is 0 Å². The second-order valence-electron chi connectivity index (χ2n) is 11.1. The molecule has 10 nitrogen and oxygen atoms in total. The van der Waals surface area contributed by atoms with E-state index < -0.39 is 5.92 Å². The van der Waals surface area contributed by atoms with E-state index in [-0.39, 0.29) is 30.2 Å². The molecule has 1 unspecified atom stereocenters. The van der Waals surface area contributed by atoms with E-state index in [1.165, 1.54) is 0 Å². The van der Waals surface area contributed by atoms with Crippen molar-refractivity contribution in [3.05, 3.63) is 72.1 Å². The zero-order valence-electron chi connectivity index (χ0n) is 24.2. The zero-order chi connectivity index (χ0) is 29.8. The summed E-state index contributed by atoms with van der Waals surface area (Å²) in [5.74, 6) is -0.195. The van der Waals surface area contributed by atoms with Crippen molar-refractivity contribution in [3.8, 4) is 0 Å². The third kappa shape index (κ3) is 6.63. The lowest BCUT2D eigenvalue weighted by atomic mass is 10.0. The lowest BCUT2D eigenvalue weighted by Gasteiger charge is -2.25. The highest BCUT2D eigenvalue weighted by Crippen LogP contribution is 2.25. The average molecular weight is 579 g/mol. The minimum atomic E-state index is -0.526. The molecule has 2 aliphatic rings. The van der Waals surface area contributed by atoms with Crippen LogP contribution in [0.1, 0.15) is 48.2 Å². The number of furan rings is 1. The van der Waals surface area contributed by atoms with Crippen LogP contribution in [0.15, 0.2) is 75.2 Å². The van der Waals surface area contributed by atoms with Gasteiger partial charge in [0.1, 0.15) is 11.3 Å². The minimum Gasteiger partial charge on any atom is -0.461 e. The maximum Gasteiger partial charge on any atom is 0.258 e. The van der Waals surface area contributed by atoms with Gasteiger partial charge in [-0.25, -0.2) is 9.98 Å². The molecule has 2 fully saturated rings. The van der Waals surface area contributed by atoms with Gasteiger partial charge in [0.15, 0.2) is 0 Å². The average Bonchev–Trinajstić information content (AvgIpc) is 3.65. The first-order valence-corrected chi connectivity index (χ1v) is 14.8. The first-order chi connectivity index (χ1) is 20.9.